The summed E-state index contributed by atoms with van der Waals surface area (Å²) < 4.78 is 5.32. The van der Waals surface area contributed by atoms with Crippen molar-refractivity contribution in [2.45, 2.75) is 38.0 Å². The molecule has 2 N–H and O–H groups in total. The van der Waals surface area contributed by atoms with Gasteiger partial charge in [-0.15, -0.1) is 0 Å². The molecule has 18 heavy (non-hydrogen) atoms. The van der Waals surface area contributed by atoms with Crippen LogP contribution >= 0.6 is 0 Å². The first-order valence-electron chi connectivity index (χ1n) is 6.49. The van der Waals surface area contributed by atoms with Gasteiger partial charge in [-0.25, -0.2) is 0 Å². The molecule has 1 atom stereocenters. The highest BCUT2D eigenvalue weighted by molar-refractivity contribution is 5.89. The van der Waals surface area contributed by atoms with Gasteiger partial charge < -0.3 is 15.2 Å². The van der Waals surface area contributed by atoms with Crippen LogP contribution in [0.2, 0.25) is 0 Å². The van der Waals surface area contributed by atoms with Crippen LogP contribution in [0.4, 0.5) is 0 Å². The SMILES string of the molecule is CCCC1(c2nc(C(=O)NC)no2)CCCNC1. The van der Waals surface area contributed by atoms with E-state index in [0.29, 0.717) is 5.89 Å². The van der Waals surface area contributed by atoms with Gasteiger partial charge in [0.2, 0.25) is 5.89 Å². The van der Waals surface area contributed by atoms with Crippen LogP contribution < -0.4 is 10.6 Å². The van der Waals surface area contributed by atoms with E-state index in [1.807, 2.05) is 0 Å². The van der Waals surface area contributed by atoms with Gasteiger partial charge in [-0.3, -0.25) is 4.79 Å². The smallest absolute Gasteiger partial charge is 0.292 e. The topological polar surface area (TPSA) is 80.1 Å². The molecule has 2 heterocycles. The Morgan fingerprint density at radius 3 is 3.06 bits per heavy atom. The maximum Gasteiger partial charge on any atom is 0.292 e. The summed E-state index contributed by atoms with van der Waals surface area (Å²) >= 11 is 0. The zero-order valence-corrected chi connectivity index (χ0v) is 11.0. The van der Waals surface area contributed by atoms with Crippen molar-refractivity contribution >= 4 is 5.91 Å². The van der Waals surface area contributed by atoms with Crippen LogP contribution in [0.15, 0.2) is 4.52 Å². The molecule has 1 aromatic rings. The van der Waals surface area contributed by atoms with Crippen LogP contribution in [0.3, 0.4) is 0 Å². The molecule has 1 unspecified atom stereocenters. The van der Waals surface area contributed by atoms with Crippen LogP contribution in [0, 0.1) is 0 Å². The molecule has 1 aliphatic heterocycles. The van der Waals surface area contributed by atoms with E-state index in [2.05, 4.69) is 27.7 Å². The lowest BCUT2D eigenvalue weighted by molar-refractivity contribution is 0.0950. The third-order valence-corrected chi connectivity index (χ3v) is 3.51. The average Bonchev–Trinajstić information content (AvgIpc) is 2.89. The van der Waals surface area contributed by atoms with Gasteiger partial charge in [0.1, 0.15) is 0 Å². The monoisotopic (exact) mass is 252 g/mol. The minimum Gasteiger partial charge on any atom is -0.352 e. The summed E-state index contributed by atoms with van der Waals surface area (Å²) in [5.74, 6) is 0.407. The van der Waals surface area contributed by atoms with Crippen molar-refractivity contribution in [3.05, 3.63) is 11.7 Å². The van der Waals surface area contributed by atoms with E-state index < -0.39 is 0 Å². The molecule has 6 nitrogen and oxygen atoms in total. The second kappa shape index (κ2) is 5.48. The molecular formula is C12H20N4O2. The van der Waals surface area contributed by atoms with E-state index in [1.165, 1.54) is 0 Å². The van der Waals surface area contributed by atoms with Gasteiger partial charge >= 0.3 is 0 Å². The fourth-order valence-corrected chi connectivity index (χ4v) is 2.59. The van der Waals surface area contributed by atoms with Crippen molar-refractivity contribution < 1.29 is 9.32 Å². The normalized spacial score (nSPS) is 23.9. The molecule has 0 bridgehead atoms. The Morgan fingerprint density at radius 1 is 1.61 bits per heavy atom. The lowest BCUT2D eigenvalue weighted by atomic mass is 9.77. The predicted molar refractivity (Wildman–Crippen MR) is 66.4 cm³/mol. The first kappa shape index (κ1) is 13.0. The summed E-state index contributed by atoms with van der Waals surface area (Å²) in [6.45, 7) is 4.02. The summed E-state index contributed by atoms with van der Waals surface area (Å²) in [6.07, 6.45) is 4.18. The molecule has 0 aromatic carbocycles. The summed E-state index contributed by atoms with van der Waals surface area (Å²) in [6, 6.07) is 0. The Labute approximate surface area is 107 Å². The number of amides is 1. The lowest BCUT2D eigenvalue weighted by Gasteiger charge is -2.34. The average molecular weight is 252 g/mol. The van der Waals surface area contributed by atoms with Gasteiger partial charge in [-0.1, -0.05) is 18.5 Å². The number of nitrogens with one attached hydrogen (secondary N) is 2. The second-order valence-electron chi connectivity index (χ2n) is 4.81. The summed E-state index contributed by atoms with van der Waals surface area (Å²) in [7, 11) is 1.56. The Balaban J connectivity index is 2.25. The van der Waals surface area contributed by atoms with Gasteiger partial charge in [0.15, 0.2) is 0 Å². The van der Waals surface area contributed by atoms with E-state index in [0.717, 1.165) is 38.8 Å². The Morgan fingerprint density at radius 2 is 2.44 bits per heavy atom. The van der Waals surface area contributed by atoms with Gasteiger partial charge in [-0.2, -0.15) is 4.98 Å². The lowest BCUT2D eigenvalue weighted by Crippen LogP contribution is -2.43. The maximum atomic E-state index is 11.5. The maximum absolute atomic E-state index is 11.5. The van der Waals surface area contributed by atoms with E-state index >= 15 is 0 Å². The molecule has 1 fully saturated rings. The van der Waals surface area contributed by atoms with E-state index in [9.17, 15) is 4.79 Å². The fraction of sp³-hybridized carbons (Fsp3) is 0.750. The molecule has 0 aliphatic carbocycles. The van der Waals surface area contributed by atoms with Crippen LogP contribution in [-0.2, 0) is 5.41 Å². The van der Waals surface area contributed by atoms with Gasteiger partial charge in [0.05, 0.1) is 5.41 Å². The minimum absolute atomic E-state index is 0.105. The highest BCUT2D eigenvalue weighted by atomic mass is 16.5. The zero-order chi connectivity index (χ0) is 13.0. The van der Waals surface area contributed by atoms with Crippen molar-refractivity contribution in [3.63, 3.8) is 0 Å². The van der Waals surface area contributed by atoms with Gasteiger partial charge in [-0.05, 0) is 25.8 Å². The van der Waals surface area contributed by atoms with Crippen LogP contribution in [-0.4, -0.2) is 36.2 Å². The van der Waals surface area contributed by atoms with Crippen molar-refractivity contribution in [1.82, 2.24) is 20.8 Å². The molecule has 100 valence electrons. The van der Waals surface area contributed by atoms with Crippen molar-refractivity contribution in [2.75, 3.05) is 20.1 Å². The zero-order valence-electron chi connectivity index (χ0n) is 11.0. The Bertz CT molecular complexity index is 404. The molecule has 1 amide bonds. The molecule has 6 heteroatoms. The number of nitrogens with zero attached hydrogens (tertiary/aromatic N) is 2. The summed E-state index contributed by atoms with van der Waals surface area (Å²) in [4.78, 5) is 15.7. The highest BCUT2D eigenvalue weighted by Crippen LogP contribution is 2.34. The number of hydrogen-bond acceptors (Lipinski definition) is 5. The molecular weight excluding hydrogens is 232 g/mol. The number of carbonyl (C=O) groups is 1. The third-order valence-electron chi connectivity index (χ3n) is 3.51. The largest absolute Gasteiger partial charge is 0.352 e. The number of rotatable bonds is 4. The predicted octanol–water partition coefficient (Wildman–Crippen LogP) is 0.850. The van der Waals surface area contributed by atoms with Crippen LogP contribution in [0.1, 0.15) is 49.1 Å². The molecule has 2 rings (SSSR count). The molecule has 1 saturated heterocycles. The summed E-state index contributed by atoms with van der Waals surface area (Å²) in [5, 5.41) is 9.65. The number of hydrogen-bond donors (Lipinski definition) is 2. The molecule has 0 spiro atoms. The summed E-state index contributed by atoms with van der Waals surface area (Å²) in [5.41, 5.74) is -0.105. The van der Waals surface area contributed by atoms with Crippen molar-refractivity contribution in [3.8, 4) is 0 Å². The van der Waals surface area contributed by atoms with E-state index in [4.69, 9.17) is 4.52 Å². The first-order valence-corrected chi connectivity index (χ1v) is 6.49. The van der Waals surface area contributed by atoms with Gasteiger partial charge in [0, 0.05) is 13.6 Å². The first-order chi connectivity index (χ1) is 8.72. The highest BCUT2D eigenvalue weighted by Gasteiger charge is 2.38. The standard InChI is InChI=1S/C12H20N4O2/c1-3-5-12(6-4-7-14-8-12)11-15-9(16-18-11)10(17)13-2/h14H,3-8H2,1-2H3,(H,13,17). The quantitative estimate of drug-likeness (QED) is 0.830. The van der Waals surface area contributed by atoms with Gasteiger partial charge in [0.25, 0.3) is 11.7 Å². The minimum atomic E-state index is -0.305. The molecule has 1 aliphatic rings. The van der Waals surface area contributed by atoms with Crippen molar-refractivity contribution in [2.24, 2.45) is 0 Å². The van der Waals surface area contributed by atoms with E-state index in [1.54, 1.807) is 7.05 Å². The van der Waals surface area contributed by atoms with Crippen LogP contribution in [0.25, 0.3) is 0 Å². The number of piperidine rings is 1. The second-order valence-corrected chi connectivity index (χ2v) is 4.81. The van der Waals surface area contributed by atoms with E-state index in [-0.39, 0.29) is 17.1 Å². The molecule has 0 radical (unpaired) electrons. The Hall–Kier alpha value is -1.43. The molecule has 0 saturated carbocycles. The van der Waals surface area contributed by atoms with Crippen molar-refractivity contribution in [1.29, 1.82) is 0 Å². The third kappa shape index (κ3) is 2.38. The fourth-order valence-electron chi connectivity index (χ4n) is 2.59. The number of aromatic nitrogens is 2. The van der Waals surface area contributed by atoms with Crippen LogP contribution in [0.5, 0.6) is 0 Å². The Kier molecular flexibility index (Phi) is 3.96. The number of carbonyl (C=O) groups excluding carboxylic acids is 1. The molecule has 1 aromatic heterocycles.